The van der Waals surface area contributed by atoms with Gasteiger partial charge in [-0.05, 0) is 6.42 Å². The summed E-state index contributed by atoms with van der Waals surface area (Å²) in [6.07, 6.45) is 3.43. The number of hydrogen-bond acceptors (Lipinski definition) is 3. The third-order valence-corrected chi connectivity index (χ3v) is 2.68. The highest BCUT2D eigenvalue weighted by Gasteiger charge is 2.12. The van der Waals surface area contributed by atoms with Crippen molar-refractivity contribution in [3.63, 3.8) is 0 Å². The lowest BCUT2D eigenvalue weighted by molar-refractivity contribution is 0.0787. The molecule has 0 saturated carbocycles. The number of rotatable bonds is 5. The number of thiazole rings is 1. The Labute approximate surface area is 88.8 Å². The molecule has 0 aliphatic heterocycles. The molecule has 0 aliphatic carbocycles. The van der Waals surface area contributed by atoms with Crippen LogP contribution in [0.15, 0.2) is 10.9 Å². The second-order valence-corrected chi connectivity index (χ2v) is 4.03. The zero-order valence-electron chi connectivity index (χ0n) is 8.69. The molecule has 0 spiro atoms. The maximum atomic E-state index is 11.7. The van der Waals surface area contributed by atoms with Crippen molar-refractivity contribution in [1.82, 2.24) is 9.88 Å². The third kappa shape index (κ3) is 3.10. The van der Waals surface area contributed by atoms with Gasteiger partial charge in [-0.2, -0.15) is 0 Å². The summed E-state index contributed by atoms with van der Waals surface area (Å²) < 4.78 is 0. The van der Waals surface area contributed by atoms with Gasteiger partial charge in [-0.25, -0.2) is 4.98 Å². The Morgan fingerprint density at radius 1 is 1.57 bits per heavy atom. The quantitative estimate of drug-likeness (QED) is 0.702. The summed E-state index contributed by atoms with van der Waals surface area (Å²) >= 11 is 1.46. The minimum absolute atomic E-state index is 0.0300. The van der Waals surface area contributed by atoms with Gasteiger partial charge >= 0.3 is 0 Å². The van der Waals surface area contributed by atoms with Gasteiger partial charge in [-0.15, -0.1) is 11.3 Å². The first-order valence-electron chi connectivity index (χ1n) is 4.89. The van der Waals surface area contributed by atoms with Crippen LogP contribution in [0.3, 0.4) is 0 Å². The van der Waals surface area contributed by atoms with Crippen molar-refractivity contribution in [2.75, 3.05) is 13.6 Å². The van der Waals surface area contributed by atoms with Crippen LogP contribution in [-0.2, 0) is 0 Å². The molecular formula is C10H16N2OS. The molecule has 1 heterocycles. The molecule has 0 atom stereocenters. The van der Waals surface area contributed by atoms with E-state index in [1.165, 1.54) is 24.2 Å². The van der Waals surface area contributed by atoms with Crippen LogP contribution in [0.5, 0.6) is 0 Å². The van der Waals surface area contributed by atoms with E-state index in [2.05, 4.69) is 11.9 Å². The van der Waals surface area contributed by atoms with E-state index in [4.69, 9.17) is 0 Å². The van der Waals surface area contributed by atoms with Gasteiger partial charge in [-0.1, -0.05) is 19.8 Å². The molecule has 0 unspecified atom stereocenters. The van der Waals surface area contributed by atoms with Gasteiger partial charge in [0.2, 0.25) is 0 Å². The fraction of sp³-hybridized carbons (Fsp3) is 0.600. The largest absolute Gasteiger partial charge is 0.340 e. The number of amides is 1. The third-order valence-electron chi connectivity index (χ3n) is 2.10. The molecule has 0 fully saturated rings. The van der Waals surface area contributed by atoms with E-state index in [9.17, 15) is 4.79 Å². The van der Waals surface area contributed by atoms with Gasteiger partial charge in [-0.3, -0.25) is 4.79 Å². The molecule has 1 aromatic rings. The Morgan fingerprint density at radius 3 is 2.93 bits per heavy atom. The number of unbranched alkanes of at least 4 members (excludes halogenated alkanes) is 2. The van der Waals surface area contributed by atoms with Crippen molar-refractivity contribution in [3.05, 3.63) is 16.6 Å². The van der Waals surface area contributed by atoms with Gasteiger partial charge < -0.3 is 4.90 Å². The van der Waals surface area contributed by atoms with Gasteiger partial charge in [0.05, 0.1) is 5.51 Å². The Hall–Kier alpha value is -0.900. The fourth-order valence-electron chi connectivity index (χ4n) is 1.21. The molecule has 14 heavy (non-hydrogen) atoms. The van der Waals surface area contributed by atoms with Crippen molar-refractivity contribution in [1.29, 1.82) is 0 Å². The summed E-state index contributed by atoms with van der Waals surface area (Å²) in [6, 6.07) is 0. The maximum absolute atomic E-state index is 11.7. The Morgan fingerprint density at radius 2 is 2.36 bits per heavy atom. The first-order valence-corrected chi connectivity index (χ1v) is 5.83. The molecule has 1 amide bonds. The van der Waals surface area contributed by atoms with Crippen molar-refractivity contribution in [2.45, 2.75) is 26.2 Å². The average Bonchev–Trinajstić information content (AvgIpc) is 2.69. The number of carbonyl (C=O) groups excluding carboxylic acids is 1. The Kier molecular flexibility index (Phi) is 4.59. The molecular weight excluding hydrogens is 196 g/mol. The summed E-state index contributed by atoms with van der Waals surface area (Å²) in [5, 5.41) is 1.79. The number of hydrogen-bond donors (Lipinski definition) is 0. The molecule has 1 aromatic heterocycles. The highest BCUT2D eigenvalue weighted by atomic mass is 32.1. The summed E-state index contributed by atoms with van der Waals surface area (Å²) in [4.78, 5) is 17.4. The number of aromatic nitrogens is 1. The van der Waals surface area contributed by atoms with Gasteiger partial charge in [0.15, 0.2) is 0 Å². The van der Waals surface area contributed by atoms with E-state index in [1.54, 1.807) is 15.8 Å². The fourth-order valence-corrected chi connectivity index (χ4v) is 1.74. The van der Waals surface area contributed by atoms with E-state index >= 15 is 0 Å². The monoisotopic (exact) mass is 212 g/mol. The van der Waals surface area contributed by atoms with Gasteiger partial charge in [0.1, 0.15) is 5.69 Å². The van der Waals surface area contributed by atoms with Crippen LogP contribution < -0.4 is 0 Å². The Bertz CT molecular complexity index is 272. The molecule has 0 aliphatic rings. The average molecular weight is 212 g/mol. The molecule has 3 nitrogen and oxygen atoms in total. The first kappa shape index (κ1) is 11.2. The van der Waals surface area contributed by atoms with Crippen LogP contribution >= 0.6 is 11.3 Å². The number of carbonyl (C=O) groups is 1. The topological polar surface area (TPSA) is 33.2 Å². The lowest BCUT2D eigenvalue weighted by Crippen LogP contribution is -2.27. The SMILES string of the molecule is CCCCCN(C)C(=O)c1cscn1. The maximum Gasteiger partial charge on any atom is 0.273 e. The molecule has 0 bridgehead atoms. The molecule has 78 valence electrons. The Balaban J connectivity index is 2.37. The molecule has 0 saturated heterocycles. The van der Waals surface area contributed by atoms with Crippen LogP contribution in [0.25, 0.3) is 0 Å². The zero-order chi connectivity index (χ0) is 10.4. The second-order valence-electron chi connectivity index (χ2n) is 3.31. The smallest absolute Gasteiger partial charge is 0.273 e. The van der Waals surface area contributed by atoms with E-state index < -0.39 is 0 Å². The van der Waals surface area contributed by atoms with E-state index in [0.29, 0.717) is 5.69 Å². The minimum atomic E-state index is 0.0300. The van der Waals surface area contributed by atoms with Crippen LogP contribution in [0.2, 0.25) is 0 Å². The van der Waals surface area contributed by atoms with E-state index in [-0.39, 0.29) is 5.91 Å². The lowest BCUT2D eigenvalue weighted by Gasteiger charge is -2.15. The summed E-state index contributed by atoms with van der Waals surface area (Å²) in [5.41, 5.74) is 2.25. The first-order chi connectivity index (χ1) is 6.75. The van der Waals surface area contributed by atoms with Crippen LogP contribution in [-0.4, -0.2) is 29.4 Å². The van der Waals surface area contributed by atoms with Crippen molar-refractivity contribution in [2.24, 2.45) is 0 Å². The van der Waals surface area contributed by atoms with Crippen molar-refractivity contribution >= 4 is 17.2 Å². The molecule has 0 aromatic carbocycles. The van der Waals surface area contributed by atoms with Gasteiger partial charge in [0.25, 0.3) is 5.91 Å². The highest BCUT2D eigenvalue weighted by Crippen LogP contribution is 2.05. The second kappa shape index (κ2) is 5.75. The summed E-state index contributed by atoms with van der Waals surface area (Å²) in [6.45, 7) is 2.98. The normalized spacial score (nSPS) is 10.1. The highest BCUT2D eigenvalue weighted by molar-refractivity contribution is 7.07. The van der Waals surface area contributed by atoms with E-state index in [0.717, 1.165) is 13.0 Å². The number of nitrogens with zero attached hydrogens (tertiary/aromatic N) is 2. The molecule has 0 radical (unpaired) electrons. The molecule has 0 N–H and O–H groups in total. The van der Waals surface area contributed by atoms with Crippen LogP contribution in [0, 0.1) is 0 Å². The van der Waals surface area contributed by atoms with Crippen molar-refractivity contribution in [3.8, 4) is 0 Å². The minimum Gasteiger partial charge on any atom is -0.340 e. The van der Waals surface area contributed by atoms with E-state index in [1.807, 2.05) is 7.05 Å². The van der Waals surface area contributed by atoms with Crippen molar-refractivity contribution < 1.29 is 4.79 Å². The standard InChI is InChI=1S/C10H16N2OS/c1-3-4-5-6-12(2)10(13)9-7-14-8-11-9/h7-8H,3-6H2,1-2H3. The lowest BCUT2D eigenvalue weighted by atomic mass is 10.2. The summed E-state index contributed by atoms with van der Waals surface area (Å²) in [5.74, 6) is 0.0300. The molecule has 1 rings (SSSR count). The zero-order valence-corrected chi connectivity index (χ0v) is 9.51. The van der Waals surface area contributed by atoms with Crippen LogP contribution in [0.4, 0.5) is 0 Å². The predicted molar refractivity (Wildman–Crippen MR) is 58.6 cm³/mol. The molecule has 4 heteroatoms. The van der Waals surface area contributed by atoms with Crippen LogP contribution in [0.1, 0.15) is 36.7 Å². The van der Waals surface area contributed by atoms with Gasteiger partial charge in [0, 0.05) is 19.0 Å². The predicted octanol–water partition coefficient (Wildman–Crippen LogP) is 2.41. The summed E-state index contributed by atoms with van der Waals surface area (Å²) in [7, 11) is 1.83.